The standard InChI is InChI=1S/C16H15ClF2N6O/c1-10-8-15(23-25(10)12-5-3-2-4-11(12)17)21-16(26)20-14-6-7-24(22-14)9-13(18)19/h2-8,13H,9H2,1H3,(H2,20,21,22,23,26). The molecule has 2 N–H and O–H groups in total. The van der Waals surface area contributed by atoms with Gasteiger partial charge in [-0.25, -0.2) is 18.3 Å². The van der Waals surface area contributed by atoms with Gasteiger partial charge < -0.3 is 0 Å². The number of carbonyl (C=O) groups is 1. The molecule has 0 radical (unpaired) electrons. The molecule has 0 atom stereocenters. The summed E-state index contributed by atoms with van der Waals surface area (Å²) in [5.74, 6) is 0.470. The Morgan fingerprint density at radius 2 is 1.92 bits per heavy atom. The second-order valence-corrected chi connectivity index (χ2v) is 5.83. The van der Waals surface area contributed by atoms with Crippen LogP contribution in [0.3, 0.4) is 0 Å². The van der Waals surface area contributed by atoms with E-state index in [2.05, 4.69) is 20.8 Å². The number of rotatable bonds is 5. The van der Waals surface area contributed by atoms with Gasteiger partial charge in [-0.05, 0) is 19.1 Å². The molecule has 2 heterocycles. The molecule has 0 bridgehead atoms. The molecule has 0 saturated heterocycles. The van der Waals surface area contributed by atoms with Gasteiger partial charge in [0.25, 0.3) is 6.43 Å². The van der Waals surface area contributed by atoms with Gasteiger partial charge >= 0.3 is 6.03 Å². The van der Waals surface area contributed by atoms with Gasteiger partial charge in [-0.15, -0.1) is 5.10 Å². The number of anilines is 2. The average Bonchev–Trinajstić information content (AvgIpc) is 3.13. The van der Waals surface area contributed by atoms with Crippen LogP contribution >= 0.6 is 11.6 Å². The van der Waals surface area contributed by atoms with Crippen molar-refractivity contribution in [3.8, 4) is 5.69 Å². The molecule has 0 saturated carbocycles. The van der Waals surface area contributed by atoms with Gasteiger partial charge in [-0.1, -0.05) is 23.7 Å². The summed E-state index contributed by atoms with van der Waals surface area (Å²) in [5, 5.41) is 13.7. The van der Waals surface area contributed by atoms with Gasteiger partial charge in [0.2, 0.25) is 0 Å². The van der Waals surface area contributed by atoms with E-state index < -0.39 is 19.0 Å². The number of alkyl halides is 2. The molecule has 7 nitrogen and oxygen atoms in total. The predicted molar refractivity (Wildman–Crippen MR) is 94.2 cm³/mol. The summed E-state index contributed by atoms with van der Waals surface area (Å²) < 4.78 is 27.3. The highest BCUT2D eigenvalue weighted by molar-refractivity contribution is 6.32. The van der Waals surface area contributed by atoms with E-state index in [0.29, 0.717) is 16.5 Å². The number of amides is 2. The van der Waals surface area contributed by atoms with Crippen LogP contribution in [0, 0.1) is 6.92 Å². The topological polar surface area (TPSA) is 76.8 Å². The monoisotopic (exact) mass is 380 g/mol. The normalized spacial score (nSPS) is 11.0. The molecule has 1 aromatic carbocycles. The zero-order valence-corrected chi connectivity index (χ0v) is 14.4. The maximum atomic E-state index is 12.3. The van der Waals surface area contributed by atoms with Crippen molar-refractivity contribution in [2.75, 3.05) is 10.6 Å². The first-order valence-electron chi connectivity index (χ1n) is 7.63. The molecule has 2 aromatic heterocycles. The minimum Gasteiger partial charge on any atom is -0.291 e. The van der Waals surface area contributed by atoms with Crippen molar-refractivity contribution in [3.63, 3.8) is 0 Å². The zero-order valence-electron chi connectivity index (χ0n) is 13.7. The fourth-order valence-electron chi connectivity index (χ4n) is 2.34. The van der Waals surface area contributed by atoms with Crippen LogP contribution in [0.15, 0.2) is 42.6 Å². The van der Waals surface area contributed by atoms with Gasteiger partial charge in [0.05, 0.1) is 10.7 Å². The molecule has 3 rings (SSSR count). The molecule has 0 unspecified atom stereocenters. The SMILES string of the molecule is Cc1cc(NC(=O)Nc2ccn(CC(F)F)n2)nn1-c1ccccc1Cl. The minimum absolute atomic E-state index is 0.158. The highest BCUT2D eigenvalue weighted by Crippen LogP contribution is 2.22. The molecule has 26 heavy (non-hydrogen) atoms. The third-order valence-electron chi connectivity index (χ3n) is 3.42. The van der Waals surface area contributed by atoms with Crippen LogP contribution in [0.25, 0.3) is 5.69 Å². The summed E-state index contributed by atoms with van der Waals surface area (Å²) in [6.45, 7) is 1.29. The molecule has 0 spiro atoms. The molecule has 3 aromatic rings. The first-order valence-corrected chi connectivity index (χ1v) is 8.01. The third-order valence-corrected chi connectivity index (χ3v) is 3.74. The van der Waals surface area contributed by atoms with Gasteiger partial charge in [0.1, 0.15) is 6.54 Å². The van der Waals surface area contributed by atoms with E-state index in [-0.39, 0.29) is 5.82 Å². The van der Waals surface area contributed by atoms with Crippen LogP contribution < -0.4 is 10.6 Å². The van der Waals surface area contributed by atoms with Crippen molar-refractivity contribution >= 4 is 29.3 Å². The number of hydrogen-bond donors (Lipinski definition) is 2. The third kappa shape index (κ3) is 4.17. The lowest BCUT2D eigenvalue weighted by atomic mass is 10.3. The van der Waals surface area contributed by atoms with Crippen LogP contribution in [0.2, 0.25) is 5.02 Å². The van der Waals surface area contributed by atoms with E-state index in [4.69, 9.17) is 11.6 Å². The fourth-order valence-corrected chi connectivity index (χ4v) is 2.55. The van der Waals surface area contributed by atoms with Crippen LogP contribution in [0.1, 0.15) is 5.69 Å². The van der Waals surface area contributed by atoms with Crippen LogP contribution in [0.5, 0.6) is 0 Å². The largest absolute Gasteiger partial charge is 0.326 e. The summed E-state index contributed by atoms with van der Waals surface area (Å²) in [4.78, 5) is 12.0. The number of nitrogens with zero attached hydrogens (tertiary/aromatic N) is 4. The van der Waals surface area contributed by atoms with E-state index in [0.717, 1.165) is 10.4 Å². The molecule has 0 aliphatic heterocycles. The van der Waals surface area contributed by atoms with Crippen molar-refractivity contribution in [2.45, 2.75) is 19.9 Å². The highest BCUT2D eigenvalue weighted by atomic mass is 35.5. The first-order chi connectivity index (χ1) is 12.4. The summed E-state index contributed by atoms with van der Waals surface area (Å²) in [5.41, 5.74) is 1.46. The lowest BCUT2D eigenvalue weighted by Gasteiger charge is -2.06. The van der Waals surface area contributed by atoms with Crippen LogP contribution in [0.4, 0.5) is 25.2 Å². The van der Waals surface area contributed by atoms with Crippen molar-refractivity contribution in [1.29, 1.82) is 0 Å². The average molecular weight is 381 g/mol. The number of carbonyl (C=O) groups excluding carboxylic acids is 1. The van der Waals surface area contributed by atoms with E-state index in [1.807, 2.05) is 25.1 Å². The van der Waals surface area contributed by atoms with Crippen LogP contribution in [-0.2, 0) is 6.54 Å². The second kappa shape index (κ2) is 7.52. The Morgan fingerprint density at radius 1 is 1.19 bits per heavy atom. The molecule has 0 fully saturated rings. The second-order valence-electron chi connectivity index (χ2n) is 5.43. The fraction of sp³-hybridized carbons (Fsp3) is 0.188. The number of urea groups is 1. The van der Waals surface area contributed by atoms with E-state index in [1.54, 1.807) is 16.8 Å². The van der Waals surface area contributed by atoms with Gasteiger partial charge in [-0.2, -0.15) is 5.10 Å². The predicted octanol–water partition coefficient (Wildman–Crippen LogP) is 3.94. The number of aromatic nitrogens is 4. The number of nitrogens with one attached hydrogen (secondary N) is 2. The number of aryl methyl sites for hydroxylation is 1. The Bertz CT molecular complexity index is 923. The Morgan fingerprint density at radius 3 is 2.65 bits per heavy atom. The summed E-state index contributed by atoms with van der Waals surface area (Å²) in [6, 6.07) is 9.71. The van der Waals surface area contributed by atoms with Crippen molar-refractivity contribution in [1.82, 2.24) is 19.6 Å². The molecule has 136 valence electrons. The zero-order chi connectivity index (χ0) is 18.7. The molecule has 2 amide bonds. The van der Waals surface area contributed by atoms with Gasteiger partial charge in [-0.3, -0.25) is 15.3 Å². The van der Waals surface area contributed by atoms with Crippen molar-refractivity contribution in [2.24, 2.45) is 0 Å². The lowest BCUT2D eigenvalue weighted by Crippen LogP contribution is -2.20. The van der Waals surface area contributed by atoms with E-state index in [9.17, 15) is 13.6 Å². The first kappa shape index (κ1) is 17.9. The minimum atomic E-state index is -2.52. The maximum Gasteiger partial charge on any atom is 0.326 e. The summed E-state index contributed by atoms with van der Waals surface area (Å²) in [6.07, 6.45) is -1.16. The van der Waals surface area contributed by atoms with Gasteiger partial charge in [0, 0.05) is 24.0 Å². The summed E-state index contributed by atoms with van der Waals surface area (Å²) in [7, 11) is 0. The lowest BCUT2D eigenvalue weighted by molar-refractivity contribution is 0.122. The Hall–Kier alpha value is -2.94. The number of para-hydroxylation sites is 1. The number of hydrogen-bond acceptors (Lipinski definition) is 3. The number of halogens is 3. The molecule has 10 heteroatoms. The molecule has 0 aliphatic rings. The van der Waals surface area contributed by atoms with Crippen molar-refractivity contribution in [3.05, 3.63) is 53.3 Å². The maximum absolute atomic E-state index is 12.3. The quantitative estimate of drug-likeness (QED) is 0.703. The molecule has 0 aliphatic carbocycles. The molecular formula is C16H15ClF2N6O. The van der Waals surface area contributed by atoms with Crippen molar-refractivity contribution < 1.29 is 13.6 Å². The van der Waals surface area contributed by atoms with E-state index >= 15 is 0 Å². The Labute approximate surface area is 152 Å². The Balaban J connectivity index is 1.68. The highest BCUT2D eigenvalue weighted by Gasteiger charge is 2.12. The van der Waals surface area contributed by atoms with E-state index in [1.165, 1.54) is 12.3 Å². The number of benzene rings is 1. The Kier molecular flexibility index (Phi) is 5.17. The molecular weight excluding hydrogens is 366 g/mol. The van der Waals surface area contributed by atoms with Gasteiger partial charge in [0.15, 0.2) is 11.6 Å². The van der Waals surface area contributed by atoms with Crippen LogP contribution in [-0.4, -0.2) is 32.0 Å². The summed E-state index contributed by atoms with van der Waals surface area (Å²) >= 11 is 6.17. The smallest absolute Gasteiger partial charge is 0.291 e.